The second kappa shape index (κ2) is 6.96. The van der Waals surface area contributed by atoms with E-state index in [1.807, 2.05) is 13.8 Å². The first-order chi connectivity index (χ1) is 8.49. The summed E-state index contributed by atoms with van der Waals surface area (Å²) >= 11 is 0. The largest absolute Gasteiger partial charge is 0.461 e. The summed E-state index contributed by atoms with van der Waals surface area (Å²) in [6, 6.07) is 3.29. The topological polar surface area (TPSA) is 62.6 Å². The fraction of sp³-hybridized carbons (Fsp3) is 0.538. The third-order valence-electron chi connectivity index (χ3n) is 2.33. The van der Waals surface area contributed by atoms with Crippen molar-refractivity contribution in [2.45, 2.75) is 13.8 Å². The van der Waals surface area contributed by atoms with Gasteiger partial charge in [0.2, 0.25) is 11.7 Å². The highest BCUT2D eigenvalue weighted by molar-refractivity contribution is 5.95. The van der Waals surface area contributed by atoms with Crippen LogP contribution in [0.3, 0.4) is 0 Å². The van der Waals surface area contributed by atoms with Gasteiger partial charge in [-0.05, 0) is 25.1 Å². The van der Waals surface area contributed by atoms with Gasteiger partial charge in [-0.2, -0.15) is 0 Å². The average molecular weight is 252 g/mol. The molecule has 1 heterocycles. The van der Waals surface area contributed by atoms with E-state index < -0.39 is 0 Å². The summed E-state index contributed by atoms with van der Waals surface area (Å²) in [5, 5.41) is 2.81. The number of carbonyl (C=O) groups excluding carboxylic acids is 2. The number of likely N-dealkylation sites (N-methyl/N-ethyl adjacent to an activating group) is 1. The summed E-state index contributed by atoms with van der Waals surface area (Å²) in [7, 11) is 1.73. The van der Waals surface area contributed by atoms with Crippen LogP contribution in [0.1, 0.15) is 24.4 Å². The molecule has 18 heavy (non-hydrogen) atoms. The zero-order valence-electron chi connectivity index (χ0n) is 11.1. The van der Waals surface area contributed by atoms with Crippen molar-refractivity contribution in [3.05, 3.63) is 24.2 Å². The number of nitrogens with one attached hydrogen (secondary N) is 1. The maximum atomic E-state index is 11.7. The highest BCUT2D eigenvalue weighted by Gasteiger charge is 2.14. The van der Waals surface area contributed by atoms with Gasteiger partial charge in [0.25, 0.3) is 0 Å². The molecule has 0 spiro atoms. The molecule has 5 nitrogen and oxygen atoms in total. The number of hydrogen-bond donors (Lipinski definition) is 1. The van der Waals surface area contributed by atoms with Crippen LogP contribution < -0.4 is 5.32 Å². The van der Waals surface area contributed by atoms with Crippen LogP contribution in [-0.2, 0) is 4.79 Å². The van der Waals surface area contributed by atoms with Crippen molar-refractivity contribution in [3.8, 4) is 0 Å². The van der Waals surface area contributed by atoms with E-state index in [2.05, 4.69) is 5.32 Å². The van der Waals surface area contributed by atoms with Crippen molar-refractivity contribution in [1.82, 2.24) is 10.2 Å². The molecule has 5 heteroatoms. The van der Waals surface area contributed by atoms with Gasteiger partial charge in [-0.15, -0.1) is 0 Å². The standard InChI is InChI=1S/C13H20N2O3/c1-10(2)7-14-13(17)9-15(3)8-11(16)12-5-4-6-18-12/h4-6,10H,7-9H2,1-3H3,(H,14,17). The SMILES string of the molecule is CC(C)CNC(=O)CN(C)CC(=O)c1ccco1. The van der Waals surface area contributed by atoms with E-state index in [0.29, 0.717) is 18.2 Å². The molecule has 1 rings (SSSR count). The molecular weight excluding hydrogens is 232 g/mol. The molecule has 0 aliphatic rings. The number of carbonyl (C=O) groups is 2. The Morgan fingerprint density at radius 2 is 2.11 bits per heavy atom. The Balaban J connectivity index is 2.31. The quantitative estimate of drug-likeness (QED) is 0.740. The van der Waals surface area contributed by atoms with Gasteiger partial charge >= 0.3 is 0 Å². The van der Waals surface area contributed by atoms with Crippen LogP contribution in [0, 0.1) is 5.92 Å². The lowest BCUT2D eigenvalue weighted by Gasteiger charge is -2.15. The molecule has 1 aromatic heterocycles. The Morgan fingerprint density at radius 3 is 2.67 bits per heavy atom. The molecule has 0 fully saturated rings. The highest BCUT2D eigenvalue weighted by Crippen LogP contribution is 2.02. The summed E-state index contributed by atoms with van der Waals surface area (Å²) in [6.45, 7) is 5.09. The normalized spacial score (nSPS) is 10.9. The van der Waals surface area contributed by atoms with Gasteiger partial charge in [0, 0.05) is 6.54 Å². The molecule has 0 saturated heterocycles. The van der Waals surface area contributed by atoms with Gasteiger partial charge in [-0.25, -0.2) is 0 Å². The van der Waals surface area contributed by atoms with Crippen molar-refractivity contribution in [2.75, 3.05) is 26.7 Å². The first-order valence-electron chi connectivity index (χ1n) is 6.01. The Morgan fingerprint density at radius 1 is 1.39 bits per heavy atom. The fourth-order valence-electron chi connectivity index (χ4n) is 1.44. The number of furan rings is 1. The summed E-state index contributed by atoms with van der Waals surface area (Å²) < 4.78 is 5.00. The Labute approximate surface area is 107 Å². The first-order valence-corrected chi connectivity index (χ1v) is 6.01. The van der Waals surface area contributed by atoms with E-state index in [9.17, 15) is 9.59 Å². The van der Waals surface area contributed by atoms with Gasteiger partial charge in [-0.3, -0.25) is 14.5 Å². The van der Waals surface area contributed by atoms with E-state index in [1.165, 1.54) is 6.26 Å². The highest BCUT2D eigenvalue weighted by atomic mass is 16.3. The minimum Gasteiger partial charge on any atom is -0.461 e. The summed E-state index contributed by atoms with van der Waals surface area (Å²) in [5.74, 6) is 0.547. The van der Waals surface area contributed by atoms with Crippen LogP contribution in [0.4, 0.5) is 0 Å². The van der Waals surface area contributed by atoms with Gasteiger partial charge in [0.15, 0.2) is 5.76 Å². The molecule has 0 aliphatic heterocycles. The Hall–Kier alpha value is -1.62. The van der Waals surface area contributed by atoms with Crippen molar-refractivity contribution in [3.63, 3.8) is 0 Å². The van der Waals surface area contributed by atoms with Crippen LogP contribution in [0.5, 0.6) is 0 Å². The van der Waals surface area contributed by atoms with Gasteiger partial charge in [0.05, 0.1) is 19.4 Å². The number of nitrogens with zero attached hydrogens (tertiary/aromatic N) is 1. The number of ketones is 1. The van der Waals surface area contributed by atoms with E-state index in [0.717, 1.165) is 0 Å². The Bertz CT molecular complexity index is 385. The van der Waals surface area contributed by atoms with Gasteiger partial charge in [-0.1, -0.05) is 13.8 Å². The first kappa shape index (κ1) is 14.4. The molecule has 0 aromatic carbocycles. The van der Waals surface area contributed by atoms with Crippen LogP contribution in [0.15, 0.2) is 22.8 Å². The minimum atomic E-state index is -0.126. The number of hydrogen-bond acceptors (Lipinski definition) is 4. The maximum absolute atomic E-state index is 11.7. The maximum Gasteiger partial charge on any atom is 0.234 e. The molecule has 1 aromatic rings. The van der Waals surface area contributed by atoms with Gasteiger partial charge in [0.1, 0.15) is 0 Å². The van der Waals surface area contributed by atoms with Crippen molar-refractivity contribution >= 4 is 11.7 Å². The summed E-state index contributed by atoms with van der Waals surface area (Å²) in [5.41, 5.74) is 0. The molecule has 0 aliphatic carbocycles. The third kappa shape index (κ3) is 5.14. The molecule has 0 radical (unpaired) electrons. The van der Waals surface area contributed by atoms with E-state index in [-0.39, 0.29) is 24.8 Å². The van der Waals surface area contributed by atoms with Crippen molar-refractivity contribution < 1.29 is 14.0 Å². The molecule has 100 valence electrons. The zero-order valence-corrected chi connectivity index (χ0v) is 11.1. The lowest BCUT2D eigenvalue weighted by Crippen LogP contribution is -2.38. The third-order valence-corrected chi connectivity index (χ3v) is 2.33. The van der Waals surface area contributed by atoms with E-state index in [1.54, 1.807) is 24.1 Å². The van der Waals surface area contributed by atoms with Crippen molar-refractivity contribution in [2.24, 2.45) is 5.92 Å². The second-order valence-electron chi connectivity index (χ2n) is 4.77. The zero-order chi connectivity index (χ0) is 13.5. The molecule has 0 atom stereocenters. The minimum absolute atomic E-state index is 0.0709. The van der Waals surface area contributed by atoms with Crippen LogP contribution in [-0.4, -0.2) is 43.3 Å². The van der Waals surface area contributed by atoms with Crippen LogP contribution >= 0.6 is 0 Å². The molecule has 0 saturated carbocycles. The van der Waals surface area contributed by atoms with E-state index in [4.69, 9.17) is 4.42 Å². The molecular formula is C13H20N2O3. The predicted octanol–water partition coefficient (Wildman–Crippen LogP) is 1.17. The summed E-state index contributed by atoms with van der Waals surface area (Å²) in [6.07, 6.45) is 1.46. The average Bonchev–Trinajstić information content (AvgIpc) is 2.79. The molecule has 1 N–H and O–H groups in total. The van der Waals surface area contributed by atoms with Crippen molar-refractivity contribution in [1.29, 1.82) is 0 Å². The Kier molecular flexibility index (Phi) is 5.58. The number of Topliss-reactive ketones (excluding diaryl/α,β-unsaturated/α-hetero) is 1. The lowest BCUT2D eigenvalue weighted by molar-refractivity contribution is -0.121. The second-order valence-corrected chi connectivity index (χ2v) is 4.77. The number of rotatable bonds is 7. The predicted molar refractivity (Wildman–Crippen MR) is 68.4 cm³/mol. The smallest absolute Gasteiger partial charge is 0.234 e. The fourth-order valence-corrected chi connectivity index (χ4v) is 1.44. The monoisotopic (exact) mass is 252 g/mol. The molecule has 0 unspecified atom stereocenters. The lowest BCUT2D eigenvalue weighted by atomic mass is 10.2. The molecule has 1 amide bonds. The van der Waals surface area contributed by atoms with Gasteiger partial charge < -0.3 is 9.73 Å². The number of amides is 1. The van der Waals surface area contributed by atoms with E-state index >= 15 is 0 Å². The van der Waals surface area contributed by atoms with Crippen LogP contribution in [0.2, 0.25) is 0 Å². The van der Waals surface area contributed by atoms with Crippen LogP contribution in [0.25, 0.3) is 0 Å². The molecule has 0 bridgehead atoms. The summed E-state index contributed by atoms with van der Waals surface area (Å²) in [4.78, 5) is 24.9.